The molecule has 0 N–H and O–H groups in total. The molecule has 1 aliphatic heterocycles. The average molecular weight is 260 g/mol. The Kier molecular flexibility index (Phi) is 3.60. The second kappa shape index (κ2) is 5.03. The van der Waals surface area contributed by atoms with Gasteiger partial charge in [0.2, 0.25) is 11.8 Å². The fourth-order valence-corrected chi connectivity index (χ4v) is 2.79. The number of hydrogen-bond donors (Lipinski definition) is 0. The van der Waals surface area contributed by atoms with Gasteiger partial charge in [-0.2, -0.15) is 0 Å². The first kappa shape index (κ1) is 13.6. The van der Waals surface area contributed by atoms with E-state index in [1.54, 1.807) is 16.8 Å². The fourth-order valence-electron chi connectivity index (χ4n) is 2.79. The van der Waals surface area contributed by atoms with Crippen molar-refractivity contribution in [2.24, 2.45) is 0 Å². The van der Waals surface area contributed by atoms with E-state index < -0.39 is 5.41 Å². The molecule has 0 saturated carbocycles. The van der Waals surface area contributed by atoms with E-state index in [-0.39, 0.29) is 11.8 Å². The number of carbonyl (C=O) groups excluding carboxylic acids is 2. The van der Waals surface area contributed by atoms with Gasteiger partial charge in [-0.1, -0.05) is 37.3 Å². The van der Waals surface area contributed by atoms with Crippen molar-refractivity contribution in [3.05, 3.63) is 35.9 Å². The molecule has 1 aromatic rings. The molecular formula is C15H20N2O2. The van der Waals surface area contributed by atoms with Gasteiger partial charge in [0.1, 0.15) is 0 Å². The highest BCUT2D eigenvalue weighted by Crippen LogP contribution is 2.35. The lowest BCUT2D eigenvalue weighted by atomic mass is 9.74. The maximum atomic E-state index is 12.7. The zero-order chi connectivity index (χ0) is 14.0. The minimum atomic E-state index is -1.05. The SMILES string of the molecule is CCN1CN(C)C(=O)C(CC)(c2ccccc2)C1=O. The lowest BCUT2D eigenvalue weighted by molar-refractivity contribution is -0.160. The molecule has 1 aliphatic rings. The van der Waals surface area contributed by atoms with Gasteiger partial charge in [-0.3, -0.25) is 9.59 Å². The third-order valence-corrected chi connectivity index (χ3v) is 3.93. The van der Waals surface area contributed by atoms with Crippen LogP contribution in [0.3, 0.4) is 0 Å². The summed E-state index contributed by atoms with van der Waals surface area (Å²) in [5.74, 6) is -0.178. The van der Waals surface area contributed by atoms with Crippen molar-refractivity contribution >= 4 is 11.8 Å². The second-order valence-electron chi connectivity index (χ2n) is 4.93. The van der Waals surface area contributed by atoms with Gasteiger partial charge in [0, 0.05) is 13.6 Å². The van der Waals surface area contributed by atoms with Crippen LogP contribution in [-0.4, -0.2) is 41.9 Å². The van der Waals surface area contributed by atoms with Crippen molar-refractivity contribution in [3.8, 4) is 0 Å². The van der Waals surface area contributed by atoms with Gasteiger partial charge in [0.05, 0.1) is 6.67 Å². The van der Waals surface area contributed by atoms with Crippen LogP contribution in [0, 0.1) is 0 Å². The monoisotopic (exact) mass is 260 g/mol. The molecule has 2 amide bonds. The van der Waals surface area contributed by atoms with E-state index in [1.165, 1.54) is 0 Å². The molecule has 102 valence electrons. The van der Waals surface area contributed by atoms with Crippen LogP contribution in [0.5, 0.6) is 0 Å². The van der Waals surface area contributed by atoms with Crippen molar-refractivity contribution < 1.29 is 9.59 Å². The summed E-state index contributed by atoms with van der Waals surface area (Å²) >= 11 is 0. The van der Waals surface area contributed by atoms with E-state index in [2.05, 4.69) is 0 Å². The number of likely N-dealkylation sites (N-methyl/N-ethyl adjacent to an activating group) is 2. The van der Waals surface area contributed by atoms with Crippen LogP contribution in [0.4, 0.5) is 0 Å². The number of amides is 2. The number of nitrogens with zero attached hydrogens (tertiary/aromatic N) is 2. The summed E-state index contributed by atoms with van der Waals surface area (Å²) in [5.41, 5.74) is -0.262. The molecule has 2 rings (SSSR count). The van der Waals surface area contributed by atoms with Crippen LogP contribution in [0.1, 0.15) is 25.8 Å². The minimum absolute atomic E-state index is 0.0770. The Balaban J connectivity index is 2.57. The molecule has 1 aromatic carbocycles. The molecule has 0 aliphatic carbocycles. The van der Waals surface area contributed by atoms with Gasteiger partial charge in [0.25, 0.3) is 0 Å². The molecule has 1 unspecified atom stereocenters. The van der Waals surface area contributed by atoms with Crippen LogP contribution in [0.15, 0.2) is 30.3 Å². The zero-order valence-electron chi connectivity index (χ0n) is 11.7. The summed E-state index contributed by atoms with van der Waals surface area (Å²) in [6, 6.07) is 9.38. The molecular weight excluding hydrogens is 240 g/mol. The van der Waals surface area contributed by atoms with Crippen molar-refractivity contribution in [2.75, 3.05) is 20.3 Å². The summed E-state index contributed by atoms with van der Waals surface area (Å²) < 4.78 is 0. The van der Waals surface area contributed by atoms with Gasteiger partial charge >= 0.3 is 0 Å². The predicted octanol–water partition coefficient (Wildman–Crippen LogP) is 1.61. The first-order valence-electron chi connectivity index (χ1n) is 6.68. The maximum absolute atomic E-state index is 12.7. The molecule has 1 heterocycles. The molecule has 1 fully saturated rings. The third kappa shape index (κ3) is 1.91. The quantitative estimate of drug-likeness (QED) is 0.775. The Morgan fingerprint density at radius 2 is 1.74 bits per heavy atom. The van der Waals surface area contributed by atoms with Crippen LogP contribution in [0.2, 0.25) is 0 Å². The van der Waals surface area contributed by atoms with Crippen molar-refractivity contribution in [1.29, 1.82) is 0 Å². The molecule has 1 saturated heterocycles. The first-order chi connectivity index (χ1) is 9.07. The molecule has 4 nitrogen and oxygen atoms in total. The average Bonchev–Trinajstić information content (AvgIpc) is 2.45. The first-order valence-corrected chi connectivity index (χ1v) is 6.68. The topological polar surface area (TPSA) is 40.6 Å². The van der Waals surface area contributed by atoms with Gasteiger partial charge < -0.3 is 9.80 Å². The minimum Gasteiger partial charge on any atom is -0.327 e. The summed E-state index contributed by atoms with van der Waals surface area (Å²) in [6.45, 7) is 4.83. The predicted molar refractivity (Wildman–Crippen MR) is 73.4 cm³/mol. The Hall–Kier alpha value is -1.84. The van der Waals surface area contributed by atoms with E-state index in [1.807, 2.05) is 44.2 Å². The van der Waals surface area contributed by atoms with Crippen LogP contribution in [0.25, 0.3) is 0 Å². The molecule has 0 radical (unpaired) electrons. The maximum Gasteiger partial charge on any atom is 0.244 e. The van der Waals surface area contributed by atoms with E-state index >= 15 is 0 Å². The number of rotatable bonds is 3. The van der Waals surface area contributed by atoms with Gasteiger partial charge in [-0.05, 0) is 18.9 Å². The second-order valence-corrected chi connectivity index (χ2v) is 4.93. The standard InChI is InChI=1S/C15H20N2O2/c1-4-15(12-9-7-6-8-10-12)13(18)16(3)11-17(5-2)14(15)19/h6-10H,4-5,11H2,1-3H3. The summed E-state index contributed by atoms with van der Waals surface area (Å²) in [5, 5.41) is 0. The summed E-state index contributed by atoms with van der Waals surface area (Å²) in [7, 11) is 1.75. The van der Waals surface area contributed by atoms with Crippen LogP contribution >= 0.6 is 0 Å². The van der Waals surface area contributed by atoms with E-state index in [0.717, 1.165) is 5.56 Å². The highest BCUT2D eigenvalue weighted by atomic mass is 16.2. The smallest absolute Gasteiger partial charge is 0.244 e. The molecule has 0 bridgehead atoms. The van der Waals surface area contributed by atoms with E-state index in [9.17, 15) is 9.59 Å². The number of benzene rings is 1. The van der Waals surface area contributed by atoms with Gasteiger partial charge in [0.15, 0.2) is 5.41 Å². The Bertz CT molecular complexity index is 486. The zero-order valence-corrected chi connectivity index (χ0v) is 11.7. The Morgan fingerprint density at radius 1 is 1.11 bits per heavy atom. The summed E-state index contributed by atoms with van der Waals surface area (Å²) in [6.07, 6.45) is 0.482. The number of carbonyl (C=O) groups is 2. The molecule has 4 heteroatoms. The molecule has 19 heavy (non-hydrogen) atoms. The Morgan fingerprint density at radius 3 is 2.26 bits per heavy atom. The lowest BCUT2D eigenvalue weighted by Gasteiger charge is -2.44. The van der Waals surface area contributed by atoms with E-state index in [4.69, 9.17) is 0 Å². The lowest BCUT2D eigenvalue weighted by Crippen LogP contribution is -2.63. The summed E-state index contributed by atoms with van der Waals surface area (Å²) in [4.78, 5) is 28.7. The fraction of sp³-hybridized carbons (Fsp3) is 0.467. The highest BCUT2D eigenvalue weighted by molar-refractivity contribution is 6.12. The third-order valence-electron chi connectivity index (χ3n) is 3.93. The van der Waals surface area contributed by atoms with Crippen molar-refractivity contribution in [3.63, 3.8) is 0 Å². The van der Waals surface area contributed by atoms with Crippen molar-refractivity contribution in [1.82, 2.24) is 9.80 Å². The number of hydrogen-bond acceptors (Lipinski definition) is 2. The van der Waals surface area contributed by atoms with Crippen LogP contribution < -0.4 is 0 Å². The van der Waals surface area contributed by atoms with Crippen molar-refractivity contribution in [2.45, 2.75) is 25.7 Å². The molecule has 0 aromatic heterocycles. The molecule has 1 atom stereocenters. The van der Waals surface area contributed by atoms with Gasteiger partial charge in [-0.15, -0.1) is 0 Å². The Labute approximate surface area is 114 Å². The largest absolute Gasteiger partial charge is 0.327 e. The van der Waals surface area contributed by atoms with Gasteiger partial charge in [-0.25, -0.2) is 0 Å². The highest BCUT2D eigenvalue weighted by Gasteiger charge is 2.52. The van der Waals surface area contributed by atoms with Crippen LogP contribution in [-0.2, 0) is 15.0 Å². The normalized spacial score (nSPS) is 23.9. The molecule has 0 spiro atoms. The van der Waals surface area contributed by atoms with E-state index in [0.29, 0.717) is 19.6 Å².